The van der Waals surface area contributed by atoms with Crippen molar-refractivity contribution < 1.29 is 32.6 Å². The summed E-state index contributed by atoms with van der Waals surface area (Å²) >= 11 is 6.01. The first-order chi connectivity index (χ1) is 15.9. The van der Waals surface area contributed by atoms with E-state index in [4.69, 9.17) is 25.8 Å². The molecule has 0 aliphatic carbocycles. The molecule has 172 valence electrons. The van der Waals surface area contributed by atoms with Crippen LogP contribution in [0.4, 0.5) is 14.5 Å². The highest BCUT2D eigenvalue weighted by molar-refractivity contribution is 6.30. The third-order valence-electron chi connectivity index (χ3n) is 5.72. The van der Waals surface area contributed by atoms with E-state index in [0.29, 0.717) is 35.5 Å². The molecular weight excluding hydrogens is 456 g/mol. The fourth-order valence-electron chi connectivity index (χ4n) is 4.33. The van der Waals surface area contributed by atoms with Gasteiger partial charge < -0.3 is 19.5 Å². The number of rotatable bonds is 11. The molecule has 0 aromatic heterocycles. The molecule has 33 heavy (non-hydrogen) atoms. The fourth-order valence-corrected chi connectivity index (χ4v) is 4.46. The Morgan fingerprint density at radius 3 is 2.39 bits per heavy atom. The molecule has 0 radical (unpaired) electrons. The molecule has 0 saturated carbocycles. The van der Waals surface area contributed by atoms with Crippen molar-refractivity contribution in [3.8, 4) is 0 Å². The zero-order valence-corrected chi connectivity index (χ0v) is 18.1. The molecule has 0 fully saturated rings. The van der Waals surface area contributed by atoms with Gasteiger partial charge in [-0.1, -0.05) is 29.8 Å². The lowest BCUT2D eigenvalue weighted by Crippen LogP contribution is -2.48. The highest BCUT2D eigenvalue weighted by Crippen LogP contribution is 2.47. The van der Waals surface area contributed by atoms with Gasteiger partial charge in [0.1, 0.15) is 36.6 Å². The van der Waals surface area contributed by atoms with E-state index in [0.717, 1.165) is 11.6 Å². The maximum Gasteiger partial charge on any atom is 0.293 e. The predicted octanol–water partition coefficient (Wildman–Crippen LogP) is 3.99. The summed E-state index contributed by atoms with van der Waals surface area (Å²) in [4.78, 5) is 21.7. The lowest BCUT2D eigenvalue weighted by molar-refractivity contribution is -0.129. The van der Waals surface area contributed by atoms with Gasteiger partial charge in [0.2, 0.25) is 0 Å². The van der Waals surface area contributed by atoms with Gasteiger partial charge in [0.05, 0.1) is 6.04 Å². The third-order valence-corrected chi connectivity index (χ3v) is 5.97. The highest BCUT2D eigenvalue weighted by Gasteiger charge is 2.53. The molecule has 1 N–H and O–H groups in total. The molecule has 0 spiro atoms. The Hall–Kier alpha value is -3.23. The SMILES string of the molecule is O=COCC1=C(COC=O)C2(C(Cc3ccc(Cl)cc3)Nc3cc(F)cc(F)c3)C=CC1O2. The van der Waals surface area contributed by atoms with Gasteiger partial charge in [0, 0.05) is 27.9 Å². The smallest absolute Gasteiger partial charge is 0.293 e. The van der Waals surface area contributed by atoms with Crippen molar-refractivity contribution in [3.05, 3.63) is 88.0 Å². The number of ether oxygens (including phenoxy) is 3. The average Bonchev–Trinajstić information content (AvgIpc) is 3.34. The van der Waals surface area contributed by atoms with Gasteiger partial charge in [-0.25, -0.2) is 8.78 Å². The molecule has 2 bridgehead atoms. The lowest BCUT2D eigenvalue weighted by Gasteiger charge is -2.37. The van der Waals surface area contributed by atoms with Crippen LogP contribution in [0.15, 0.2) is 65.8 Å². The number of benzene rings is 2. The Labute approximate surface area is 193 Å². The first kappa shape index (κ1) is 22.9. The molecule has 9 heteroatoms. The van der Waals surface area contributed by atoms with Crippen LogP contribution in [0.25, 0.3) is 0 Å². The second-order valence-corrected chi connectivity index (χ2v) is 8.13. The van der Waals surface area contributed by atoms with Gasteiger partial charge in [-0.3, -0.25) is 9.59 Å². The van der Waals surface area contributed by atoms with Crippen LogP contribution in [0.5, 0.6) is 0 Å². The van der Waals surface area contributed by atoms with Crippen molar-refractivity contribution >= 4 is 30.2 Å². The van der Waals surface area contributed by atoms with Crippen molar-refractivity contribution in [2.45, 2.75) is 24.2 Å². The topological polar surface area (TPSA) is 73.9 Å². The molecule has 6 nitrogen and oxygen atoms in total. The van der Waals surface area contributed by atoms with Crippen LogP contribution in [0.1, 0.15) is 5.56 Å². The zero-order chi connectivity index (χ0) is 23.4. The Morgan fingerprint density at radius 2 is 1.73 bits per heavy atom. The number of fused-ring (bicyclic) bond motifs is 2. The molecule has 2 heterocycles. The van der Waals surface area contributed by atoms with Crippen molar-refractivity contribution in [1.82, 2.24) is 0 Å². The Kier molecular flexibility index (Phi) is 6.76. The van der Waals surface area contributed by atoms with Crippen LogP contribution in [0.2, 0.25) is 5.02 Å². The molecule has 3 atom stereocenters. The van der Waals surface area contributed by atoms with E-state index in [-0.39, 0.29) is 18.9 Å². The summed E-state index contributed by atoms with van der Waals surface area (Å²) in [5, 5.41) is 3.76. The number of nitrogens with one attached hydrogen (secondary N) is 1. The van der Waals surface area contributed by atoms with E-state index in [2.05, 4.69) is 5.32 Å². The second-order valence-electron chi connectivity index (χ2n) is 7.69. The number of hydrogen-bond donors (Lipinski definition) is 1. The first-order valence-corrected chi connectivity index (χ1v) is 10.5. The zero-order valence-electron chi connectivity index (χ0n) is 17.3. The number of carbonyl (C=O) groups is 2. The molecule has 2 aliphatic heterocycles. The van der Waals surface area contributed by atoms with Crippen molar-refractivity contribution in [1.29, 1.82) is 0 Å². The van der Waals surface area contributed by atoms with Gasteiger partial charge in [-0.2, -0.15) is 0 Å². The summed E-state index contributed by atoms with van der Waals surface area (Å²) in [6.45, 7) is 0.503. The van der Waals surface area contributed by atoms with Crippen molar-refractivity contribution in [2.24, 2.45) is 0 Å². The Bertz CT molecular complexity index is 1080. The van der Waals surface area contributed by atoms with E-state index in [9.17, 15) is 18.4 Å². The van der Waals surface area contributed by atoms with Crippen molar-refractivity contribution in [3.63, 3.8) is 0 Å². The maximum absolute atomic E-state index is 13.9. The molecule has 0 saturated heterocycles. The normalized spacial score (nSPS) is 21.7. The first-order valence-electron chi connectivity index (χ1n) is 10.1. The van der Waals surface area contributed by atoms with Crippen LogP contribution in [-0.4, -0.2) is 43.9 Å². The average molecular weight is 476 g/mol. The van der Waals surface area contributed by atoms with Gasteiger partial charge in [0.15, 0.2) is 0 Å². The number of anilines is 1. The van der Waals surface area contributed by atoms with Crippen LogP contribution in [0, 0.1) is 11.6 Å². The number of carbonyl (C=O) groups excluding carboxylic acids is 2. The second kappa shape index (κ2) is 9.72. The van der Waals surface area contributed by atoms with Gasteiger partial charge in [-0.05, 0) is 42.3 Å². The summed E-state index contributed by atoms with van der Waals surface area (Å²) < 4.78 is 44.1. The molecule has 4 rings (SSSR count). The molecule has 0 amide bonds. The van der Waals surface area contributed by atoms with Crippen molar-refractivity contribution in [2.75, 3.05) is 18.5 Å². The summed E-state index contributed by atoms with van der Waals surface area (Å²) in [6.07, 6.45) is 3.53. The minimum absolute atomic E-state index is 0.0416. The molecular formula is C24H20ClF2NO5. The third kappa shape index (κ3) is 4.77. The summed E-state index contributed by atoms with van der Waals surface area (Å²) in [7, 11) is 0. The van der Waals surface area contributed by atoms with Crippen LogP contribution in [-0.2, 0) is 30.2 Å². The minimum atomic E-state index is -1.11. The Morgan fingerprint density at radius 1 is 1.06 bits per heavy atom. The fraction of sp³-hybridized carbons (Fsp3) is 0.250. The van der Waals surface area contributed by atoms with E-state index < -0.39 is 29.4 Å². The molecule has 2 aliphatic rings. The molecule has 3 unspecified atom stereocenters. The van der Waals surface area contributed by atoms with Crippen LogP contribution >= 0.6 is 11.6 Å². The standard InChI is InChI=1S/C24H20ClF2NO5/c25-16-3-1-15(2-4-16)7-23(28-19-9-17(26)8-18(27)10-19)24-6-5-22(33-24)20(11-31-13-29)21(24)12-32-14-30/h1-6,8-10,13-14,22-23,28H,7,11-12H2. The van der Waals surface area contributed by atoms with Gasteiger partial charge in [0.25, 0.3) is 12.9 Å². The highest BCUT2D eigenvalue weighted by atomic mass is 35.5. The van der Waals surface area contributed by atoms with Crippen LogP contribution in [0.3, 0.4) is 0 Å². The van der Waals surface area contributed by atoms with Gasteiger partial charge in [-0.15, -0.1) is 0 Å². The molecule has 2 aromatic rings. The summed E-state index contributed by atoms with van der Waals surface area (Å²) in [5.74, 6) is -1.46. The lowest BCUT2D eigenvalue weighted by atomic mass is 9.79. The van der Waals surface area contributed by atoms with E-state index in [1.165, 1.54) is 12.1 Å². The Balaban J connectivity index is 1.75. The van der Waals surface area contributed by atoms with Gasteiger partial charge >= 0.3 is 0 Å². The summed E-state index contributed by atoms with van der Waals surface area (Å²) in [6, 6.07) is 9.74. The predicted molar refractivity (Wildman–Crippen MR) is 117 cm³/mol. The summed E-state index contributed by atoms with van der Waals surface area (Å²) in [5.41, 5.74) is 1.25. The largest absolute Gasteiger partial charge is 0.463 e. The minimum Gasteiger partial charge on any atom is -0.463 e. The van der Waals surface area contributed by atoms with E-state index >= 15 is 0 Å². The number of halogens is 3. The number of hydrogen-bond acceptors (Lipinski definition) is 6. The monoisotopic (exact) mass is 475 g/mol. The molecule has 2 aromatic carbocycles. The quantitative estimate of drug-likeness (QED) is 0.391. The van der Waals surface area contributed by atoms with Crippen LogP contribution < -0.4 is 5.32 Å². The maximum atomic E-state index is 13.9. The van der Waals surface area contributed by atoms with E-state index in [1.807, 2.05) is 24.3 Å². The van der Waals surface area contributed by atoms with E-state index in [1.54, 1.807) is 12.1 Å².